The quantitative estimate of drug-likeness (QED) is 0.746. The van der Waals surface area contributed by atoms with E-state index in [-0.39, 0.29) is 5.56 Å². The van der Waals surface area contributed by atoms with Crippen LogP contribution in [0.15, 0.2) is 67.1 Å². The lowest BCUT2D eigenvalue weighted by Crippen LogP contribution is -1.97. The second kappa shape index (κ2) is 6.63. The van der Waals surface area contributed by atoms with Gasteiger partial charge >= 0.3 is 5.97 Å². The molecule has 0 aliphatic rings. The Balaban J connectivity index is 1.99. The van der Waals surface area contributed by atoms with Crippen molar-refractivity contribution in [3.05, 3.63) is 83.9 Å². The van der Waals surface area contributed by atoms with Gasteiger partial charge in [-0.15, -0.1) is 0 Å². The number of hydrogen-bond acceptors (Lipinski definition) is 3. The minimum absolute atomic E-state index is 0.190. The third kappa shape index (κ3) is 3.08. The Morgan fingerprint density at radius 1 is 1.12 bits per heavy atom. The standard InChI is InChI=1S/C19H13N3O2/c20-12-16(14-5-7-15(8-6-14)19(23)24)11-17-4-2-10-22(17)18-3-1-9-21-13-18/h1-11,13H,(H,23,24). The van der Waals surface area contributed by atoms with Gasteiger partial charge in [-0.3, -0.25) is 4.98 Å². The highest BCUT2D eigenvalue weighted by atomic mass is 16.4. The predicted molar refractivity (Wildman–Crippen MR) is 90.4 cm³/mol. The van der Waals surface area contributed by atoms with E-state index < -0.39 is 5.97 Å². The molecule has 24 heavy (non-hydrogen) atoms. The Kier molecular flexibility index (Phi) is 4.21. The minimum Gasteiger partial charge on any atom is -0.478 e. The smallest absolute Gasteiger partial charge is 0.335 e. The average Bonchev–Trinajstić information content (AvgIpc) is 3.08. The number of hydrogen-bond donors (Lipinski definition) is 1. The molecule has 1 N–H and O–H groups in total. The van der Waals surface area contributed by atoms with E-state index >= 15 is 0 Å². The molecule has 0 saturated heterocycles. The molecule has 0 amide bonds. The Bertz CT molecular complexity index is 933. The summed E-state index contributed by atoms with van der Waals surface area (Å²) in [5.41, 5.74) is 3.04. The number of nitrogens with zero attached hydrogens (tertiary/aromatic N) is 3. The fourth-order valence-corrected chi connectivity index (χ4v) is 2.36. The maximum atomic E-state index is 10.9. The van der Waals surface area contributed by atoms with Crippen molar-refractivity contribution in [2.75, 3.05) is 0 Å². The molecule has 0 unspecified atom stereocenters. The van der Waals surface area contributed by atoms with E-state index in [0.29, 0.717) is 11.1 Å². The predicted octanol–water partition coefficient (Wildman–Crippen LogP) is 3.63. The molecule has 0 spiro atoms. The number of allylic oxidation sites excluding steroid dienone is 1. The summed E-state index contributed by atoms with van der Waals surface area (Å²) in [6.45, 7) is 0. The summed E-state index contributed by atoms with van der Waals surface area (Å²) in [4.78, 5) is 15.0. The molecular weight excluding hydrogens is 302 g/mol. The Labute approximate surface area is 138 Å². The van der Waals surface area contributed by atoms with E-state index in [1.165, 1.54) is 12.1 Å². The Hall–Kier alpha value is -3.65. The lowest BCUT2D eigenvalue weighted by molar-refractivity contribution is 0.0697. The number of pyridine rings is 1. The molecule has 3 rings (SSSR count). The number of carboxylic acids is 1. The highest BCUT2D eigenvalue weighted by Crippen LogP contribution is 2.20. The molecule has 0 aliphatic carbocycles. The number of carboxylic acid groups (broad SMARTS) is 1. The normalized spacial score (nSPS) is 11.0. The van der Waals surface area contributed by atoms with Crippen LogP contribution in [0.3, 0.4) is 0 Å². The van der Waals surface area contributed by atoms with E-state index in [1.54, 1.807) is 30.6 Å². The van der Waals surface area contributed by atoms with Crippen molar-refractivity contribution in [3.8, 4) is 11.8 Å². The first-order chi connectivity index (χ1) is 11.7. The first-order valence-corrected chi connectivity index (χ1v) is 7.22. The second-order valence-corrected chi connectivity index (χ2v) is 5.07. The van der Waals surface area contributed by atoms with Crippen molar-refractivity contribution in [2.45, 2.75) is 0 Å². The number of aromatic carboxylic acids is 1. The van der Waals surface area contributed by atoms with Crippen molar-refractivity contribution >= 4 is 17.6 Å². The van der Waals surface area contributed by atoms with Gasteiger partial charge in [0.2, 0.25) is 0 Å². The van der Waals surface area contributed by atoms with Gasteiger partial charge in [0, 0.05) is 18.1 Å². The highest BCUT2D eigenvalue weighted by molar-refractivity contribution is 5.91. The number of carbonyl (C=O) groups is 1. The summed E-state index contributed by atoms with van der Waals surface area (Å²) in [7, 11) is 0. The summed E-state index contributed by atoms with van der Waals surface area (Å²) in [5.74, 6) is -0.991. The summed E-state index contributed by atoms with van der Waals surface area (Å²) >= 11 is 0. The molecule has 5 nitrogen and oxygen atoms in total. The maximum Gasteiger partial charge on any atom is 0.335 e. The molecule has 0 saturated carbocycles. The highest BCUT2D eigenvalue weighted by Gasteiger charge is 2.07. The topological polar surface area (TPSA) is 78.9 Å². The lowest BCUT2D eigenvalue weighted by atomic mass is 10.0. The van der Waals surface area contributed by atoms with Crippen LogP contribution in [0.25, 0.3) is 17.3 Å². The third-order valence-corrected chi connectivity index (χ3v) is 3.56. The minimum atomic E-state index is -0.991. The average molecular weight is 315 g/mol. The second-order valence-electron chi connectivity index (χ2n) is 5.07. The first kappa shape index (κ1) is 15.3. The van der Waals surface area contributed by atoms with Gasteiger partial charge in [0.1, 0.15) is 0 Å². The maximum absolute atomic E-state index is 10.9. The van der Waals surface area contributed by atoms with Crippen molar-refractivity contribution in [1.29, 1.82) is 5.26 Å². The Morgan fingerprint density at radius 3 is 2.50 bits per heavy atom. The van der Waals surface area contributed by atoms with Crippen LogP contribution in [0.1, 0.15) is 21.6 Å². The molecular formula is C19H13N3O2. The van der Waals surface area contributed by atoms with Gasteiger partial charge in [0.05, 0.1) is 29.1 Å². The van der Waals surface area contributed by atoms with Crippen LogP contribution in [0.5, 0.6) is 0 Å². The van der Waals surface area contributed by atoms with Gasteiger partial charge in [-0.05, 0) is 48.0 Å². The van der Waals surface area contributed by atoms with Crippen LogP contribution in [-0.2, 0) is 0 Å². The van der Waals surface area contributed by atoms with Crippen LogP contribution >= 0.6 is 0 Å². The van der Waals surface area contributed by atoms with Crippen molar-refractivity contribution in [3.63, 3.8) is 0 Å². The zero-order valence-corrected chi connectivity index (χ0v) is 12.6. The molecule has 0 atom stereocenters. The molecule has 0 bridgehead atoms. The third-order valence-electron chi connectivity index (χ3n) is 3.56. The fourth-order valence-electron chi connectivity index (χ4n) is 2.36. The van der Waals surface area contributed by atoms with Gasteiger partial charge < -0.3 is 9.67 Å². The molecule has 3 aromatic rings. The van der Waals surface area contributed by atoms with Gasteiger partial charge in [0.15, 0.2) is 0 Å². The summed E-state index contributed by atoms with van der Waals surface area (Å²) in [6, 6.07) is 16.0. The fraction of sp³-hybridized carbons (Fsp3) is 0. The van der Waals surface area contributed by atoms with E-state index in [9.17, 15) is 10.1 Å². The molecule has 0 fully saturated rings. The monoisotopic (exact) mass is 315 g/mol. The van der Waals surface area contributed by atoms with Crippen molar-refractivity contribution in [1.82, 2.24) is 9.55 Å². The molecule has 5 heteroatoms. The molecule has 0 aliphatic heterocycles. The Morgan fingerprint density at radius 2 is 1.88 bits per heavy atom. The van der Waals surface area contributed by atoms with E-state index in [0.717, 1.165) is 11.4 Å². The van der Waals surface area contributed by atoms with Gasteiger partial charge in [-0.25, -0.2) is 4.79 Å². The zero-order valence-electron chi connectivity index (χ0n) is 12.6. The van der Waals surface area contributed by atoms with Gasteiger partial charge in [-0.1, -0.05) is 12.1 Å². The van der Waals surface area contributed by atoms with Crippen LogP contribution in [-0.4, -0.2) is 20.6 Å². The van der Waals surface area contributed by atoms with E-state index in [1.807, 2.05) is 35.0 Å². The lowest BCUT2D eigenvalue weighted by Gasteiger charge is -2.06. The van der Waals surface area contributed by atoms with Crippen molar-refractivity contribution < 1.29 is 9.90 Å². The number of rotatable bonds is 4. The van der Waals surface area contributed by atoms with E-state index in [2.05, 4.69) is 11.1 Å². The largest absolute Gasteiger partial charge is 0.478 e. The van der Waals surface area contributed by atoms with Gasteiger partial charge in [-0.2, -0.15) is 5.26 Å². The molecule has 2 heterocycles. The van der Waals surface area contributed by atoms with Crippen LogP contribution in [0, 0.1) is 11.3 Å². The molecule has 1 aromatic carbocycles. The van der Waals surface area contributed by atoms with E-state index in [4.69, 9.17) is 5.11 Å². The number of aromatic nitrogens is 2. The van der Waals surface area contributed by atoms with Crippen LogP contribution in [0.2, 0.25) is 0 Å². The molecule has 0 radical (unpaired) electrons. The summed E-state index contributed by atoms with van der Waals surface area (Å²) in [5, 5.41) is 18.4. The van der Waals surface area contributed by atoms with Crippen LogP contribution in [0.4, 0.5) is 0 Å². The van der Waals surface area contributed by atoms with Crippen LogP contribution < -0.4 is 0 Å². The molecule has 2 aromatic heterocycles. The van der Waals surface area contributed by atoms with Gasteiger partial charge in [0.25, 0.3) is 0 Å². The summed E-state index contributed by atoms with van der Waals surface area (Å²) in [6.07, 6.45) is 7.10. The zero-order chi connectivity index (χ0) is 16.9. The SMILES string of the molecule is N#CC(=Cc1cccn1-c1cccnc1)c1ccc(C(=O)O)cc1. The van der Waals surface area contributed by atoms with Crippen molar-refractivity contribution in [2.24, 2.45) is 0 Å². The summed E-state index contributed by atoms with van der Waals surface area (Å²) < 4.78 is 1.93. The first-order valence-electron chi connectivity index (χ1n) is 7.22. The molecule has 116 valence electrons. The number of nitriles is 1. The number of benzene rings is 1.